The van der Waals surface area contributed by atoms with Gasteiger partial charge >= 0.3 is 0 Å². The number of benzene rings is 1. The summed E-state index contributed by atoms with van der Waals surface area (Å²) in [6, 6.07) is 3.52. The number of rotatable bonds is 3. The van der Waals surface area contributed by atoms with Gasteiger partial charge in [-0.15, -0.1) is 0 Å². The predicted molar refractivity (Wildman–Crippen MR) is 52.9 cm³/mol. The maximum atomic E-state index is 12.8. The SMILES string of the molecule is Fc1cc(F)cc(OCC2CCCN2)c1. The van der Waals surface area contributed by atoms with Gasteiger partial charge < -0.3 is 10.1 Å². The highest BCUT2D eigenvalue weighted by Gasteiger charge is 2.14. The van der Waals surface area contributed by atoms with Gasteiger partial charge in [0.05, 0.1) is 0 Å². The van der Waals surface area contributed by atoms with Gasteiger partial charge in [-0.05, 0) is 19.4 Å². The summed E-state index contributed by atoms with van der Waals surface area (Å²) in [4.78, 5) is 0. The zero-order valence-electron chi connectivity index (χ0n) is 8.30. The van der Waals surface area contributed by atoms with Crippen molar-refractivity contribution in [1.82, 2.24) is 5.32 Å². The maximum absolute atomic E-state index is 12.8. The van der Waals surface area contributed by atoms with E-state index >= 15 is 0 Å². The van der Waals surface area contributed by atoms with E-state index in [1.54, 1.807) is 0 Å². The van der Waals surface area contributed by atoms with Crippen molar-refractivity contribution in [3.63, 3.8) is 0 Å². The molecule has 0 aromatic heterocycles. The molecule has 0 saturated carbocycles. The Balaban J connectivity index is 1.92. The smallest absolute Gasteiger partial charge is 0.129 e. The first kappa shape index (κ1) is 10.4. The summed E-state index contributed by atoms with van der Waals surface area (Å²) < 4.78 is 30.9. The molecule has 15 heavy (non-hydrogen) atoms. The maximum Gasteiger partial charge on any atom is 0.129 e. The van der Waals surface area contributed by atoms with Crippen molar-refractivity contribution in [2.45, 2.75) is 18.9 Å². The minimum atomic E-state index is -0.607. The fourth-order valence-corrected chi connectivity index (χ4v) is 1.71. The molecule has 2 nitrogen and oxygen atoms in total. The van der Waals surface area contributed by atoms with Crippen LogP contribution in [0.25, 0.3) is 0 Å². The van der Waals surface area contributed by atoms with Crippen LogP contribution in [0.1, 0.15) is 12.8 Å². The summed E-state index contributed by atoms with van der Waals surface area (Å²) in [6.07, 6.45) is 2.18. The largest absolute Gasteiger partial charge is 0.492 e. The molecule has 2 rings (SSSR count). The van der Waals surface area contributed by atoms with E-state index in [1.165, 1.54) is 12.1 Å². The molecular weight excluding hydrogens is 200 g/mol. The van der Waals surface area contributed by atoms with Crippen molar-refractivity contribution in [1.29, 1.82) is 0 Å². The van der Waals surface area contributed by atoms with Crippen LogP contribution in [0.15, 0.2) is 18.2 Å². The normalized spacial score (nSPS) is 20.5. The summed E-state index contributed by atoms with van der Waals surface area (Å²) in [5, 5.41) is 3.24. The summed E-state index contributed by atoms with van der Waals surface area (Å²) >= 11 is 0. The Hall–Kier alpha value is -1.16. The molecule has 0 radical (unpaired) electrons. The van der Waals surface area contributed by atoms with E-state index in [9.17, 15) is 8.78 Å². The first-order valence-corrected chi connectivity index (χ1v) is 5.06. The van der Waals surface area contributed by atoms with Crippen LogP contribution >= 0.6 is 0 Å². The fourth-order valence-electron chi connectivity index (χ4n) is 1.71. The second kappa shape index (κ2) is 4.57. The third-order valence-corrected chi connectivity index (χ3v) is 2.45. The minimum Gasteiger partial charge on any atom is -0.492 e. The van der Waals surface area contributed by atoms with Crippen molar-refractivity contribution in [2.75, 3.05) is 13.2 Å². The standard InChI is InChI=1S/C11H13F2NO/c12-8-4-9(13)6-11(5-8)15-7-10-2-1-3-14-10/h4-6,10,14H,1-3,7H2. The van der Waals surface area contributed by atoms with E-state index < -0.39 is 11.6 Å². The topological polar surface area (TPSA) is 21.3 Å². The molecule has 0 bridgehead atoms. The summed E-state index contributed by atoms with van der Waals surface area (Å²) in [6.45, 7) is 1.45. The Morgan fingerprint density at radius 2 is 2.00 bits per heavy atom. The highest BCUT2D eigenvalue weighted by Crippen LogP contribution is 2.16. The third-order valence-electron chi connectivity index (χ3n) is 2.45. The molecule has 82 valence electrons. The molecule has 0 amide bonds. The molecule has 0 spiro atoms. The minimum absolute atomic E-state index is 0.251. The van der Waals surface area contributed by atoms with Crippen molar-refractivity contribution in [3.8, 4) is 5.75 Å². The van der Waals surface area contributed by atoms with Gasteiger partial charge in [-0.3, -0.25) is 0 Å². The Morgan fingerprint density at radius 3 is 2.60 bits per heavy atom. The lowest BCUT2D eigenvalue weighted by Crippen LogP contribution is -2.28. The average Bonchev–Trinajstić information content (AvgIpc) is 2.65. The molecule has 1 saturated heterocycles. The fraction of sp³-hybridized carbons (Fsp3) is 0.455. The van der Waals surface area contributed by atoms with Gasteiger partial charge in [-0.25, -0.2) is 8.78 Å². The third kappa shape index (κ3) is 2.89. The van der Waals surface area contributed by atoms with Gasteiger partial charge in [0.1, 0.15) is 24.0 Å². The van der Waals surface area contributed by atoms with Gasteiger partial charge in [-0.1, -0.05) is 0 Å². The molecule has 1 aliphatic heterocycles. The van der Waals surface area contributed by atoms with Crippen molar-refractivity contribution < 1.29 is 13.5 Å². The lowest BCUT2D eigenvalue weighted by molar-refractivity contribution is 0.274. The predicted octanol–water partition coefficient (Wildman–Crippen LogP) is 2.10. The highest BCUT2D eigenvalue weighted by atomic mass is 19.1. The molecule has 0 aliphatic carbocycles. The molecular formula is C11H13F2NO. The zero-order valence-corrected chi connectivity index (χ0v) is 8.30. The van der Waals surface area contributed by atoms with Crippen molar-refractivity contribution in [2.24, 2.45) is 0 Å². The highest BCUT2D eigenvalue weighted by molar-refractivity contribution is 5.23. The molecule has 1 fully saturated rings. The number of halogens is 2. The Labute approximate surface area is 87.2 Å². The van der Waals surface area contributed by atoms with E-state index in [2.05, 4.69) is 5.32 Å². The van der Waals surface area contributed by atoms with E-state index in [1.807, 2.05) is 0 Å². The lowest BCUT2D eigenvalue weighted by atomic mass is 10.2. The number of hydrogen-bond acceptors (Lipinski definition) is 2. The number of ether oxygens (including phenoxy) is 1. The van der Waals surface area contributed by atoms with Crippen LogP contribution in [0.2, 0.25) is 0 Å². The lowest BCUT2D eigenvalue weighted by Gasteiger charge is -2.12. The quantitative estimate of drug-likeness (QED) is 0.830. The van der Waals surface area contributed by atoms with Gasteiger partial charge in [0.2, 0.25) is 0 Å². The molecule has 4 heteroatoms. The Kier molecular flexibility index (Phi) is 3.16. The van der Waals surface area contributed by atoms with Crippen LogP contribution in [-0.4, -0.2) is 19.2 Å². The Bertz CT molecular complexity index is 317. The van der Waals surface area contributed by atoms with Crippen LogP contribution in [0.4, 0.5) is 8.78 Å². The molecule has 1 heterocycles. The molecule has 1 atom stereocenters. The van der Waals surface area contributed by atoms with Crippen molar-refractivity contribution >= 4 is 0 Å². The summed E-state index contributed by atoms with van der Waals surface area (Å²) in [5.74, 6) is -0.963. The van der Waals surface area contributed by atoms with Crippen LogP contribution in [0.3, 0.4) is 0 Å². The van der Waals surface area contributed by atoms with Gasteiger partial charge in [0, 0.05) is 24.2 Å². The second-order valence-electron chi connectivity index (χ2n) is 3.71. The van der Waals surface area contributed by atoms with E-state index in [4.69, 9.17) is 4.74 Å². The van der Waals surface area contributed by atoms with Gasteiger partial charge in [0.25, 0.3) is 0 Å². The zero-order chi connectivity index (χ0) is 10.7. The molecule has 1 aromatic carbocycles. The van der Waals surface area contributed by atoms with Crippen LogP contribution in [0.5, 0.6) is 5.75 Å². The van der Waals surface area contributed by atoms with E-state index in [-0.39, 0.29) is 5.75 Å². The second-order valence-corrected chi connectivity index (χ2v) is 3.71. The van der Waals surface area contributed by atoms with E-state index in [0.29, 0.717) is 12.6 Å². The first-order chi connectivity index (χ1) is 7.24. The van der Waals surface area contributed by atoms with Crippen LogP contribution in [0, 0.1) is 11.6 Å². The molecule has 1 aliphatic rings. The first-order valence-electron chi connectivity index (χ1n) is 5.06. The average molecular weight is 213 g/mol. The number of nitrogens with one attached hydrogen (secondary N) is 1. The van der Waals surface area contributed by atoms with Crippen LogP contribution < -0.4 is 10.1 Å². The summed E-state index contributed by atoms with van der Waals surface area (Å²) in [7, 11) is 0. The van der Waals surface area contributed by atoms with Gasteiger partial charge in [0.15, 0.2) is 0 Å². The molecule has 1 unspecified atom stereocenters. The monoisotopic (exact) mass is 213 g/mol. The molecule has 1 N–H and O–H groups in total. The van der Waals surface area contributed by atoms with E-state index in [0.717, 1.165) is 25.5 Å². The molecule has 1 aromatic rings. The van der Waals surface area contributed by atoms with Crippen molar-refractivity contribution in [3.05, 3.63) is 29.8 Å². The summed E-state index contributed by atoms with van der Waals surface area (Å²) in [5.41, 5.74) is 0. The van der Waals surface area contributed by atoms with Gasteiger partial charge in [-0.2, -0.15) is 0 Å². The number of hydrogen-bond donors (Lipinski definition) is 1. The van der Waals surface area contributed by atoms with Crippen LogP contribution in [-0.2, 0) is 0 Å². The Morgan fingerprint density at radius 1 is 1.27 bits per heavy atom.